The number of ether oxygens (including phenoxy) is 3. The molecule has 2 aromatic carbocycles. The van der Waals surface area contributed by atoms with E-state index in [9.17, 15) is 9.18 Å². The molecule has 0 saturated carbocycles. The van der Waals surface area contributed by atoms with Crippen molar-refractivity contribution in [3.05, 3.63) is 65.6 Å². The largest absolute Gasteiger partial charge is 0.493 e. The number of carbonyl (C=O) groups is 1. The van der Waals surface area contributed by atoms with Crippen LogP contribution in [0.15, 0.2) is 48.7 Å². The van der Waals surface area contributed by atoms with Crippen LogP contribution in [-0.4, -0.2) is 36.1 Å². The number of aryl methyl sites for hydroxylation is 2. The summed E-state index contributed by atoms with van der Waals surface area (Å²) in [5.74, 6) is 0.365. The average Bonchev–Trinajstić information content (AvgIpc) is 3.16. The van der Waals surface area contributed by atoms with Crippen LogP contribution < -0.4 is 25.3 Å². The summed E-state index contributed by atoms with van der Waals surface area (Å²) in [6.07, 6.45) is 1.35. The number of nitrogens with one attached hydrogen (secondary N) is 1. The van der Waals surface area contributed by atoms with E-state index in [0.717, 1.165) is 16.8 Å². The second kappa shape index (κ2) is 9.30. The first kappa shape index (κ1) is 22.9. The molecule has 1 amide bonds. The first-order valence-electron chi connectivity index (χ1n) is 10.5. The number of aromatic nitrogens is 2. The van der Waals surface area contributed by atoms with Crippen LogP contribution in [0.5, 0.6) is 17.2 Å². The third kappa shape index (κ3) is 4.19. The normalized spacial score (nSPS) is 10.9. The van der Waals surface area contributed by atoms with Gasteiger partial charge in [-0.1, -0.05) is 18.2 Å². The van der Waals surface area contributed by atoms with Crippen molar-refractivity contribution in [1.29, 1.82) is 0 Å². The molecule has 2 heterocycles. The first-order chi connectivity index (χ1) is 16.3. The molecule has 34 heavy (non-hydrogen) atoms. The van der Waals surface area contributed by atoms with Gasteiger partial charge in [-0.05, 0) is 49.2 Å². The molecular formula is C25H25FN4O4. The SMILES string of the molecule is COc1ccc(-c2nc3ccc(F)cn3c2Nc2c(C)cccc2C)c(OCC(N)=O)c1OC. The van der Waals surface area contributed by atoms with Gasteiger partial charge in [-0.25, -0.2) is 9.37 Å². The zero-order valence-corrected chi connectivity index (χ0v) is 19.3. The van der Waals surface area contributed by atoms with Crippen LogP contribution in [0.2, 0.25) is 0 Å². The van der Waals surface area contributed by atoms with E-state index in [2.05, 4.69) is 5.32 Å². The van der Waals surface area contributed by atoms with Gasteiger partial charge in [0.15, 0.2) is 18.1 Å². The number of hydrogen-bond donors (Lipinski definition) is 2. The molecule has 0 saturated heterocycles. The minimum Gasteiger partial charge on any atom is -0.493 e. The Kier molecular flexibility index (Phi) is 6.27. The van der Waals surface area contributed by atoms with Gasteiger partial charge < -0.3 is 25.3 Å². The van der Waals surface area contributed by atoms with Crippen LogP contribution in [0.1, 0.15) is 11.1 Å². The van der Waals surface area contributed by atoms with Gasteiger partial charge in [0, 0.05) is 11.9 Å². The van der Waals surface area contributed by atoms with E-state index in [1.165, 1.54) is 26.5 Å². The molecule has 0 atom stereocenters. The number of pyridine rings is 1. The highest BCUT2D eigenvalue weighted by atomic mass is 19.1. The fourth-order valence-electron chi connectivity index (χ4n) is 3.83. The van der Waals surface area contributed by atoms with E-state index < -0.39 is 11.7 Å². The number of fused-ring (bicyclic) bond motifs is 1. The van der Waals surface area contributed by atoms with Crippen LogP contribution in [0.25, 0.3) is 16.9 Å². The Morgan fingerprint density at radius 1 is 1.06 bits per heavy atom. The topological polar surface area (TPSA) is 100 Å². The summed E-state index contributed by atoms with van der Waals surface area (Å²) in [4.78, 5) is 16.2. The number of primary amides is 1. The van der Waals surface area contributed by atoms with E-state index in [1.807, 2.05) is 32.0 Å². The summed E-state index contributed by atoms with van der Waals surface area (Å²) >= 11 is 0. The molecule has 0 aliphatic heterocycles. The number of anilines is 2. The molecule has 0 aliphatic rings. The summed E-state index contributed by atoms with van der Waals surface area (Å²) in [7, 11) is 2.96. The molecule has 4 rings (SSSR count). The van der Waals surface area contributed by atoms with Crippen molar-refractivity contribution in [3.63, 3.8) is 0 Å². The number of amides is 1. The first-order valence-corrected chi connectivity index (χ1v) is 10.5. The van der Waals surface area contributed by atoms with E-state index in [1.54, 1.807) is 22.6 Å². The lowest BCUT2D eigenvalue weighted by Crippen LogP contribution is -2.20. The summed E-state index contributed by atoms with van der Waals surface area (Å²) in [6.45, 7) is 3.59. The predicted octanol–water partition coefficient (Wildman–Crippen LogP) is 4.38. The van der Waals surface area contributed by atoms with E-state index >= 15 is 0 Å². The van der Waals surface area contributed by atoms with Crippen molar-refractivity contribution in [1.82, 2.24) is 9.38 Å². The molecular weight excluding hydrogens is 439 g/mol. The van der Waals surface area contributed by atoms with E-state index in [0.29, 0.717) is 28.5 Å². The summed E-state index contributed by atoms with van der Waals surface area (Å²) in [5.41, 5.74) is 9.70. The Labute approximate surface area is 196 Å². The lowest BCUT2D eigenvalue weighted by molar-refractivity contribution is -0.119. The molecule has 0 bridgehead atoms. The number of rotatable bonds is 8. The minimum absolute atomic E-state index is 0.231. The molecule has 9 heteroatoms. The smallest absolute Gasteiger partial charge is 0.255 e. The molecule has 8 nitrogen and oxygen atoms in total. The summed E-state index contributed by atoms with van der Waals surface area (Å²) in [5, 5.41) is 3.43. The maximum Gasteiger partial charge on any atom is 0.255 e. The van der Waals surface area contributed by atoms with Crippen LogP contribution >= 0.6 is 0 Å². The number of para-hydroxylation sites is 1. The standard InChI is InChI=1S/C25H25FN4O4/c1-14-6-5-7-15(2)21(14)29-25-22(28-20-11-8-16(26)12-30(20)25)17-9-10-18(32-3)24(33-4)23(17)34-13-19(27)31/h5-12,29H,13H2,1-4H3,(H2,27,31). The van der Waals surface area contributed by atoms with Crippen molar-refractivity contribution in [2.75, 3.05) is 26.1 Å². The highest BCUT2D eigenvalue weighted by molar-refractivity contribution is 5.86. The quantitative estimate of drug-likeness (QED) is 0.401. The van der Waals surface area contributed by atoms with Crippen molar-refractivity contribution in [2.24, 2.45) is 5.73 Å². The van der Waals surface area contributed by atoms with Gasteiger partial charge in [0.2, 0.25) is 5.75 Å². The van der Waals surface area contributed by atoms with Crippen molar-refractivity contribution in [3.8, 4) is 28.5 Å². The number of halogens is 1. The van der Waals surface area contributed by atoms with Crippen molar-refractivity contribution < 1.29 is 23.4 Å². The number of hydrogen-bond acceptors (Lipinski definition) is 6. The maximum absolute atomic E-state index is 14.2. The van der Waals surface area contributed by atoms with Crippen molar-refractivity contribution >= 4 is 23.1 Å². The second-order valence-electron chi connectivity index (χ2n) is 7.71. The van der Waals surface area contributed by atoms with Gasteiger partial charge in [-0.2, -0.15) is 0 Å². The zero-order valence-electron chi connectivity index (χ0n) is 19.3. The number of nitrogens with zero attached hydrogens (tertiary/aromatic N) is 2. The fraction of sp³-hybridized carbons (Fsp3) is 0.200. The molecule has 3 N–H and O–H groups in total. The Hall–Kier alpha value is -4.27. The Morgan fingerprint density at radius 3 is 2.44 bits per heavy atom. The van der Waals surface area contributed by atoms with Gasteiger partial charge in [0.25, 0.3) is 5.91 Å². The molecule has 4 aromatic rings. The predicted molar refractivity (Wildman–Crippen MR) is 128 cm³/mol. The second-order valence-corrected chi connectivity index (χ2v) is 7.71. The molecule has 0 radical (unpaired) electrons. The molecule has 0 unspecified atom stereocenters. The Bertz CT molecular complexity index is 1360. The highest BCUT2D eigenvalue weighted by Gasteiger charge is 2.24. The van der Waals surface area contributed by atoms with E-state index in [-0.39, 0.29) is 18.1 Å². The van der Waals surface area contributed by atoms with Crippen LogP contribution in [-0.2, 0) is 4.79 Å². The third-order valence-electron chi connectivity index (χ3n) is 5.42. The van der Waals surface area contributed by atoms with Gasteiger partial charge in [0.1, 0.15) is 23.0 Å². The summed E-state index contributed by atoms with van der Waals surface area (Å²) in [6, 6.07) is 12.3. The lowest BCUT2D eigenvalue weighted by atomic mass is 10.1. The number of imidazole rings is 1. The monoisotopic (exact) mass is 464 g/mol. The van der Waals surface area contributed by atoms with Gasteiger partial charge in [-0.3, -0.25) is 9.20 Å². The Balaban J connectivity index is 1.99. The Morgan fingerprint density at radius 2 is 1.79 bits per heavy atom. The van der Waals surface area contributed by atoms with Crippen LogP contribution in [0, 0.1) is 19.7 Å². The van der Waals surface area contributed by atoms with Gasteiger partial charge in [-0.15, -0.1) is 0 Å². The molecule has 0 fully saturated rings. The van der Waals surface area contributed by atoms with Gasteiger partial charge in [0.05, 0.1) is 19.8 Å². The molecule has 2 aromatic heterocycles. The van der Waals surface area contributed by atoms with E-state index in [4.69, 9.17) is 24.9 Å². The highest BCUT2D eigenvalue weighted by Crippen LogP contribution is 2.46. The van der Waals surface area contributed by atoms with Crippen LogP contribution in [0.3, 0.4) is 0 Å². The number of nitrogens with two attached hydrogens (primary N) is 1. The average molecular weight is 464 g/mol. The van der Waals surface area contributed by atoms with Crippen LogP contribution in [0.4, 0.5) is 15.9 Å². The maximum atomic E-state index is 14.2. The van der Waals surface area contributed by atoms with Gasteiger partial charge >= 0.3 is 0 Å². The molecule has 0 spiro atoms. The number of methoxy groups -OCH3 is 2. The minimum atomic E-state index is -0.651. The summed E-state index contributed by atoms with van der Waals surface area (Å²) < 4.78 is 32.6. The molecule has 0 aliphatic carbocycles. The molecule has 176 valence electrons. The number of carbonyl (C=O) groups excluding carboxylic acids is 1. The third-order valence-corrected chi connectivity index (χ3v) is 5.42. The lowest BCUT2D eigenvalue weighted by Gasteiger charge is -2.18. The van der Waals surface area contributed by atoms with Crippen molar-refractivity contribution in [2.45, 2.75) is 13.8 Å². The number of benzene rings is 2. The zero-order chi connectivity index (χ0) is 24.4. The fourth-order valence-corrected chi connectivity index (χ4v) is 3.83.